The fraction of sp³-hybridized carbons (Fsp3) is 0.250. The van der Waals surface area contributed by atoms with E-state index in [0.29, 0.717) is 0 Å². The molecule has 0 bridgehead atoms. The van der Waals surface area contributed by atoms with Gasteiger partial charge in [-0.25, -0.2) is 9.37 Å². The number of rotatable bonds is 2. The molecule has 0 aliphatic carbocycles. The quantitative estimate of drug-likeness (QED) is 0.906. The Morgan fingerprint density at radius 3 is 2.65 bits per heavy atom. The van der Waals surface area contributed by atoms with Crippen LogP contribution in [0, 0.1) is 19.7 Å². The average molecular weight is 271 g/mol. The highest BCUT2D eigenvalue weighted by atomic mass is 35.5. The summed E-state index contributed by atoms with van der Waals surface area (Å²) in [7, 11) is 0. The zero-order valence-electron chi connectivity index (χ0n) is 9.50. The highest BCUT2D eigenvalue weighted by Gasteiger charge is 2.15. The lowest BCUT2D eigenvalue weighted by atomic mass is 10.1. The second kappa shape index (κ2) is 4.72. The van der Waals surface area contributed by atoms with Crippen LogP contribution >= 0.6 is 22.9 Å². The highest BCUT2D eigenvalue weighted by Crippen LogP contribution is 2.28. The molecule has 2 nitrogen and oxygen atoms in total. The van der Waals surface area contributed by atoms with Crippen molar-refractivity contribution in [3.05, 3.63) is 50.2 Å². The molecule has 0 aliphatic heterocycles. The van der Waals surface area contributed by atoms with E-state index in [1.165, 1.54) is 6.07 Å². The minimum atomic E-state index is -0.436. The summed E-state index contributed by atoms with van der Waals surface area (Å²) in [5.41, 5.74) is 7.83. The molecule has 1 heterocycles. The first-order valence-electron chi connectivity index (χ1n) is 5.13. The maximum absolute atomic E-state index is 13.0. The van der Waals surface area contributed by atoms with Crippen LogP contribution in [0.15, 0.2) is 18.2 Å². The van der Waals surface area contributed by atoms with Gasteiger partial charge in [0.05, 0.1) is 16.8 Å². The minimum Gasteiger partial charge on any atom is -0.318 e. The maximum atomic E-state index is 13.0. The summed E-state index contributed by atoms with van der Waals surface area (Å²) < 4.78 is 13.0. The van der Waals surface area contributed by atoms with Crippen LogP contribution in [0.25, 0.3) is 0 Å². The van der Waals surface area contributed by atoms with E-state index in [0.717, 1.165) is 21.1 Å². The SMILES string of the molecule is Cc1nc(C(N)c2ccc(F)c(Cl)c2)sc1C. The number of nitrogens with zero attached hydrogens (tertiary/aromatic N) is 1. The third kappa shape index (κ3) is 2.49. The van der Waals surface area contributed by atoms with Crippen molar-refractivity contribution < 1.29 is 4.39 Å². The molecule has 17 heavy (non-hydrogen) atoms. The Labute approximate surface area is 108 Å². The third-order valence-electron chi connectivity index (χ3n) is 2.61. The molecule has 2 aromatic rings. The van der Waals surface area contributed by atoms with E-state index in [2.05, 4.69) is 4.98 Å². The summed E-state index contributed by atoms with van der Waals surface area (Å²) >= 11 is 7.29. The Hall–Kier alpha value is -0.970. The van der Waals surface area contributed by atoms with Crippen molar-refractivity contribution in [2.24, 2.45) is 5.73 Å². The van der Waals surface area contributed by atoms with E-state index in [1.54, 1.807) is 23.5 Å². The number of aryl methyl sites for hydroxylation is 2. The molecule has 0 saturated carbocycles. The molecule has 0 fully saturated rings. The van der Waals surface area contributed by atoms with Gasteiger partial charge in [0.25, 0.3) is 0 Å². The number of nitrogens with two attached hydrogens (primary N) is 1. The van der Waals surface area contributed by atoms with E-state index < -0.39 is 5.82 Å². The Bertz CT molecular complexity index is 534. The number of hydrogen-bond acceptors (Lipinski definition) is 3. The van der Waals surface area contributed by atoms with Gasteiger partial charge in [-0.05, 0) is 31.5 Å². The predicted molar refractivity (Wildman–Crippen MR) is 69.0 cm³/mol. The standard InChI is InChI=1S/C12H12ClFN2S/c1-6-7(2)17-12(16-6)11(15)8-3-4-10(14)9(13)5-8/h3-5,11H,15H2,1-2H3. The van der Waals surface area contributed by atoms with Crippen molar-refractivity contribution in [2.75, 3.05) is 0 Å². The van der Waals surface area contributed by atoms with Gasteiger partial charge in [0.2, 0.25) is 0 Å². The van der Waals surface area contributed by atoms with Crippen molar-refractivity contribution in [3.63, 3.8) is 0 Å². The number of hydrogen-bond donors (Lipinski definition) is 1. The van der Waals surface area contributed by atoms with E-state index in [9.17, 15) is 4.39 Å². The van der Waals surface area contributed by atoms with Gasteiger partial charge in [-0.15, -0.1) is 11.3 Å². The Morgan fingerprint density at radius 2 is 2.12 bits per heavy atom. The van der Waals surface area contributed by atoms with Gasteiger partial charge in [0.1, 0.15) is 10.8 Å². The van der Waals surface area contributed by atoms with E-state index in [-0.39, 0.29) is 11.1 Å². The molecule has 0 radical (unpaired) electrons. The van der Waals surface area contributed by atoms with Crippen molar-refractivity contribution in [1.82, 2.24) is 4.98 Å². The van der Waals surface area contributed by atoms with Crippen LogP contribution in [-0.4, -0.2) is 4.98 Å². The molecule has 0 spiro atoms. The van der Waals surface area contributed by atoms with Crippen molar-refractivity contribution in [3.8, 4) is 0 Å². The Kier molecular flexibility index (Phi) is 3.47. The van der Waals surface area contributed by atoms with Crippen LogP contribution < -0.4 is 5.73 Å². The molecular formula is C12H12ClFN2S. The van der Waals surface area contributed by atoms with Crippen molar-refractivity contribution in [2.45, 2.75) is 19.9 Å². The molecule has 0 saturated heterocycles. The lowest BCUT2D eigenvalue weighted by molar-refractivity contribution is 0.626. The Balaban J connectivity index is 2.36. The van der Waals surface area contributed by atoms with Gasteiger partial charge in [-0.3, -0.25) is 0 Å². The van der Waals surface area contributed by atoms with Gasteiger partial charge in [0, 0.05) is 4.88 Å². The molecule has 1 aromatic heterocycles. The summed E-state index contributed by atoms with van der Waals surface area (Å²) in [6.07, 6.45) is 0. The molecule has 90 valence electrons. The first-order chi connectivity index (χ1) is 7.99. The number of benzene rings is 1. The van der Waals surface area contributed by atoms with Crippen LogP contribution in [0.3, 0.4) is 0 Å². The molecular weight excluding hydrogens is 259 g/mol. The smallest absolute Gasteiger partial charge is 0.141 e. The fourth-order valence-electron chi connectivity index (χ4n) is 1.48. The molecule has 0 aliphatic rings. The van der Waals surface area contributed by atoms with Crippen LogP contribution in [0.2, 0.25) is 5.02 Å². The zero-order chi connectivity index (χ0) is 12.6. The van der Waals surface area contributed by atoms with Gasteiger partial charge < -0.3 is 5.73 Å². The van der Waals surface area contributed by atoms with Crippen LogP contribution in [0.4, 0.5) is 4.39 Å². The van der Waals surface area contributed by atoms with E-state index >= 15 is 0 Å². The summed E-state index contributed by atoms with van der Waals surface area (Å²) in [6.45, 7) is 3.94. The maximum Gasteiger partial charge on any atom is 0.141 e. The van der Waals surface area contributed by atoms with Gasteiger partial charge >= 0.3 is 0 Å². The molecule has 1 atom stereocenters. The first-order valence-corrected chi connectivity index (χ1v) is 6.33. The van der Waals surface area contributed by atoms with Crippen molar-refractivity contribution >= 4 is 22.9 Å². The minimum absolute atomic E-state index is 0.0861. The van der Waals surface area contributed by atoms with Gasteiger partial charge in [-0.1, -0.05) is 17.7 Å². The summed E-state index contributed by atoms with van der Waals surface area (Å²) in [4.78, 5) is 5.54. The lowest BCUT2D eigenvalue weighted by Crippen LogP contribution is -2.11. The van der Waals surface area contributed by atoms with Crippen LogP contribution in [0.1, 0.15) is 27.2 Å². The summed E-state index contributed by atoms with van der Waals surface area (Å²) in [5, 5.41) is 0.908. The first kappa shape index (κ1) is 12.5. The molecule has 1 unspecified atom stereocenters. The average Bonchev–Trinajstić information content (AvgIpc) is 2.62. The molecule has 2 rings (SSSR count). The number of thiazole rings is 1. The number of aromatic nitrogens is 1. The zero-order valence-corrected chi connectivity index (χ0v) is 11.1. The lowest BCUT2D eigenvalue weighted by Gasteiger charge is -2.09. The largest absolute Gasteiger partial charge is 0.318 e. The Morgan fingerprint density at radius 1 is 1.41 bits per heavy atom. The topological polar surface area (TPSA) is 38.9 Å². The van der Waals surface area contributed by atoms with Gasteiger partial charge in [0.15, 0.2) is 0 Å². The normalized spacial score (nSPS) is 12.8. The van der Waals surface area contributed by atoms with Crippen molar-refractivity contribution in [1.29, 1.82) is 0 Å². The third-order valence-corrected chi connectivity index (χ3v) is 4.06. The predicted octanol–water partition coefficient (Wildman–Crippen LogP) is 3.60. The van der Waals surface area contributed by atoms with Crippen LogP contribution in [-0.2, 0) is 0 Å². The molecule has 2 N–H and O–H groups in total. The molecule has 5 heteroatoms. The van der Waals surface area contributed by atoms with Crippen LogP contribution in [0.5, 0.6) is 0 Å². The summed E-state index contributed by atoms with van der Waals surface area (Å²) in [6, 6.07) is 4.15. The van der Waals surface area contributed by atoms with E-state index in [1.807, 2.05) is 13.8 Å². The molecule has 1 aromatic carbocycles. The van der Waals surface area contributed by atoms with E-state index in [4.69, 9.17) is 17.3 Å². The fourth-order valence-corrected chi connectivity index (χ4v) is 2.62. The van der Waals surface area contributed by atoms with Gasteiger partial charge in [-0.2, -0.15) is 0 Å². The number of halogens is 2. The second-order valence-electron chi connectivity index (χ2n) is 3.84. The second-order valence-corrected chi connectivity index (χ2v) is 5.49. The monoisotopic (exact) mass is 270 g/mol. The molecule has 0 amide bonds. The highest BCUT2D eigenvalue weighted by molar-refractivity contribution is 7.11. The summed E-state index contributed by atoms with van der Waals surface area (Å²) in [5.74, 6) is -0.436.